The van der Waals surface area contributed by atoms with Gasteiger partial charge in [0.15, 0.2) is 0 Å². The largest absolute Gasteiger partial charge is 0.537 e. The minimum absolute atomic E-state index is 0. The normalized spacial score (nSPS) is 21.1. The van der Waals surface area contributed by atoms with Crippen LogP contribution in [-0.4, -0.2) is 48.2 Å². The zero-order valence-electron chi connectivity index (χ0n) is 16.4. The Labute approximate surface area is 179 Å². The van der Waals surface area contributed by atoms with Crippen LogP contribution in [-0.2, 0) is 37.5 Å². The van der Waals surface area contributed by atoms with Crippen LogP contribution in [0.2, 0.25) is 0 Å². The number of nitrogens with one attached hydrogen (secondary N) is 1. The van der Waals surface area contributed by atoms with Gasteiger partial charge in [-0.25, -0.2) is 0 Å². The van der Waals surface area contributed by atoms with E-state index in [9.17, 15) is 10.2 Å². The molecule has 0 saturated heterocycles. The van der Waals surface area contributed by atoms with E-state index in [1.807, 2.05) is 0 Å². The summed E-state index contributed by atoms with van der Waals surface area (Å²) in [5.74, 6) is 0. The average molecular weight is 435 g/mol. The fraction of sp³-hybridized carbons (Fsp3) is 1.00. The maximum absolute atomic E-state index is 9.98. The summed E-state index contributed by atoms with van der Waals surface area (Å²) < 4.78 is 0. The van der Waals surface area contributed by atoms with E-state index >= 15 is 0 Å². The number of hydroxylamine groups is 1. The molecule has 2 rings (SSSR count). The summed E-state index contributed by atoms with van der Waals surface area (Å²) in [6.45, 7) is 4.37. The van der Waals surface area contributed by atoms with Gasteiger partial charge in [-0.05, 0) is 38.6 Å². The Hall–Kier alpha value is 0.864. The molecule has 0 aromatic carbocycles. The van der Waals surface area contributed by atoms with Gasteiger partial charge in [-0.2, -0.15) is 0 Å². The molecular weight excluding hydrogens is 395 g/mol. The average Bonchev–Trinajstić information content (AvgIpc) is 2.55. The maximum atomic E-state index is 9.98. The SMILES string of the molecule is CCNCC1(O)CCCCC1.C[N-]OCCC1(O)CCCCC1.N.[Y]. The molecule has 1 radical (unpaired) electrons. The fourth-order valence-corrected chi connectivity index (χ4v) is 3.53. The van der Waals surface area contributed by atoms with Crippen molar-refractivity contribution >= 4 is 0 Å². The molecule has 7 heteroatoms. The van der Waals surface area contributed by atoms with E-state index < -0.39 is 5.60 Å². The summed E-state index contributed by atoms with van der Waals surface area (Å²) in [6.07, 6.45) is 11.8. The molecule has 0 unspecified atom stereocenters. The maximum Gasteiger partial charge on any atom is 0.0771 e. The topological polar surface area (TPSA) is 111 Å². The molecule has 25 heavy (non-hydrogen) atoms. The first-order chi connectivity index (χ1) is 11.0. The van der Waals surface area contributed by atoms with Crippen molar-refractivity contribution in [2.75, 3.05) is 26.7 Å². The number of hydrogen-bond acceptors (Lipinski definition) is 5. The number of hydrogen-bond donors (Lipinski definition) is 4. The van der Waals surface area contributed by atoms with Crippen molar-refractivity contribution in [1.29, 1.82) is 0 Å². The Morgan fingerprint density at radius 2 is 1.40 bits per heavy atom. The quantitative estimate of drug-likeness (QED) is 0.362. The third-order valence-corrected chi connectivity index (χ3v) is 5.06. The summed E-state index contributed by atoms with van der Waals surface area (Å²) >= 11 is 0. The number of likely N-dealkylation sites (N-methyl/N-ethyl adjacent to an activating group) is 1. The zero-order valence-corrected chi connectivity index (χ0v) is 19.3. The molecule has 0 atom stereocenters. The van der Waals surface area contributed by atoms with E-state index in [4.69, 9.17) is 4.84 Å². The van der Waals surface area contributed by atoms with Crippen LogP contribution in [0, 0.1) is 0 Å². The van der Waals surface area contributed by atoms with Crippen LogP contribution in [0.1, 0.15) is 77.6 Å². The number of aliphatic hydroxyl groups is 2. The summed E-state index contributed by atoms with van der Waals surface area (Å²) in [6, 6.07) is 0. The molecule has 2 aliphatic carbocycles. The second kappa shape index (κ2) is 15.9. The second-order valence-electron chi connectivity index (χ2n) is 7.12. The molecule has 6 nitrogen and oxygen atoms in total. The van der Waals surface area contributed by atoms with Crippen LogP contribution in [0.15, 0.2) is 0 Å². The zero-order chi connectivity index (χ0) is 17.0. The number of rotatable bonds is 7. The van der Waals surface area contributed by atoms with Crippen LogP contribution in [0.3, 0.4) is 0 Å². The van der Waals surface area contributed by atoms with Crippen LogP contribution in [0.4, 0.5) is 0 Å². The third kappa shape index (κ3) is 12.8. The predicted octanol–water partition coefficient (Wildman–Crippen LogP) is 3.46. The summed E-state index contributed by atoms with van der Waals surface area (Å²) in [7, 11) is 1.62. The molecule has 6 N–H and O–H groups in total. The first-order valence-corrected chi connectivity index (χ1v) is 9.40. The van der Waals surface area contributed by atoms with Crippen LogP contribution in [0.5, 0.6) is 0 Å². The van der Waals surface area contributed by atoms with Gasteiger partial charge in [-0.1, -0.05) is 45.4 Å². The molecule has 0 spiro atoms. The standard InChI is InChI=1S/C9H18NO2.C9H19NO.H3N.Y/c1-10-12-8-7-9(11)5-3-2-4-6-9;1-2-10-8-9(11)6-4-3-5-7-9;;/h11H,2-8H2,1H3;10-11H,2-8H2,1H3;1H3;/q-1;;;. The second-order valence-corrected chi connectivity index (χ2v) is 7.12. The van der Waals surface area contributed by atoms with Crippen molar-refractivity contribution in [3.8, 4) is 0 Å². The molecule has 0 aromatic heterocycles. The van der Waals surface area contributed by atoms with Crippen molar-refractivity contribution < 1.29 is 47.8 Å². The smallest absolute Gasteiger partial charge is 0.0771 e. The van der Waals surface area contributed by atoms with Crippen molar-refractivity contribution in [2.24, 2.45) is 0 Å². The number of nitrogens with zero attached hydrogens (tertiary/aromatic N) is 1. The van der Waals surface area contributed by atoms with Crippen molar-refractivity contribution in [3.05, 3.63) is 5.48 Å². The minimum Gasteiger partial charge on any atom is -0.537 e. The Morgan fingerprint density at radius 1 is 0.920 bits per heavy atom. The summed E-state index contributed by atoms with van der Waals surface area (Å²) in [4.78, 5) is 4.87. The Balaban J connectivity index is 0. The van der Waals surface area contributed by atoms with E-state index in [2.05, 4.69) is 17.7 Å². The van der Waals surface area contributed by atoms with Crippen molar-refractivity contribution in [3.63, 3.8) is 0 Å². The van der Waals surface area contributed by atoms with E-state index in [1.165, 1.54) is 25.7 Å². The van der Waals surface area contributed by atoms with Gasteiger partial charge in [0.2, 0.25) is 0 Å². The van der Waals surface area contributed by atoms with Gasteiger partial charge in [-0.3, -0.25) is 0 Å². The van der Waals surface area contributed by atoms with E-state index in [0.717, 1.165) is 58.0 Å². The van der Waals surface area contributed by atoms with Crippen LogP contribution >= 0.6 is 0 Å². The van der Waals surface area contributed by atoms with Gasteiger partial charge in [0, 0.05) is 45.9 Å². The third-order valence-electron chi connectivity index (χ3n) is 5.06. The molecule has 0 bridgehead atoms. The predicted molar refractivity (Wildman–Crippen MR) is 99.5 cm³/mol. The minimum atomic E-state index is -0.455. The summed E-state index contributed by atoms with van der Waals surface area (Å²) in [5.41, 5.74) is 2.70. The first kappa shape index (κ1) is 28.1. The molecule has 2 saturated carbocycles. The Bertz CT molecular complexity index is 297. The Morgan fingerprint density at radius 3 is 1.84 bits per heavy atom. The van der Waals surface area contributed by atoms with Gasteiger partial charge >= 0.3 is 0 Å². The van der Waals surface area contributed by atoms with Gasteiger partial charge < -0.3 is 32.0 Å². The van der Waals surface area contributed by atoms with E-state index in [-0.39, 0.29) is 44.5 Å². The molecule has 2 fully saturated rings. The fourth-order valence-electron chi connectivity index (χ4n) is 3.53. The van der Waals surface area contributed by atoms with Gasteiger partial charge in [0.05, 0.1) is 11.2 Å². The first-order valence-electron chi connectivity index (χ1n) is 9.40. The van der Waals surface area contributed by atoms with Gasteiger partial charge in [0.1, 0.15) is 0 Å². The van der Waals surface area contributed by atoms with E-state index in [0.29, 0.717) is 6.61 Å². The molecule has 149 valence electrons. The monoisotopic (exact) mass is 435 g/mol. The van der Waals surface area contributed by atoms with Gasteiger partial charge in [0.25, 0.3) is 0 Å². The van der Waals surface area contributed by atoms with Gasteiger partial charge in [-0.15, -0.1) is 7.05 Å². The Kier molecular flexibility index (Phi) is 17.8. The van der Waals surface area contributed by atoms with Crippen molar-refractivity contribution in [1.82, 2.24) is 11.5 Å². The summed E-state index contributed by atoms with van der Waals surface area (Å²) in [5, 5.41) is 23.1. The molecule has 0 heterocycles. The van der Waals surface area contributed by atoms with E-state index in [1.54, 1.807) is 7.05 Å². The molecule has 0 amide bonds. The molecular formula is C18H40N3O3Y-. The van der Waals surface area contributed by atoms with Crippen LogP contribution < -0.4 is 11.5 Å². The molecule has 2 aliphatic rings. The van der Waals surface area contributed by atoms with Crippen LogP contribution in [0.25, 0.3) is 5.48 Å². The molecule has 0 aliphatic heterocycles. The van der Waals surface area contributed by atoms with Crippen molar-refractivity contribution in [2.45, 2.75) is 88.8 Å². The molecule has 0 aromatic rings.